The number of benzene rings is 10. The van der Waals surface area contributed by atoms with Gasteiger partial charge in [0.25, 0.3) is 0 Å². The molecule has 10 aromatic carbocycles. The number of rotatable bonds is 72. The van der Waals surface area contributed by atoms with E-state index < -0.39 is 0 Å². The van der Waals surface area contributed by atoms with Gasteiger partial charge in [-0.2, -0.15) is 0 Å². The molecule has 0 saturated heterocycles. The second kappa shape index (κ2) is 67.4. The molecule has 0 aliphatic carbocycles. The lowest BCUT2D eigenvalue weighted by atomic mass is 9.99. The van der Waals surface area contributed by atoms with Gasteiger partial charge in [0.15, 0.2) is 69.0 Å². The minimum atomic E-state index is 0.522. The van der Waals surface area contributed by atoms with E-state index in [-0.39, 0.29) is 0 Å². The zero-order valence-corrected chi connectivity index (χ0v) is 93.1. The van der Waals surface area contributed by atoms with Crippen molar-refractivity contribution in [3.63, 3.8) is 0 Å². The Morgan fingerprint density at radius 3 is 0.240 bits per heavy atom. The van der Waals surface area contributed by atoms with Gasteiger partial charge in [0, 0.05) is 0 Å². The van der Waals surface area contributed by atoms with Crippen LogP contribution in [0, 0.1) is 0 Å². The summed E-state index contributed by atoms with van der Waals surface area (Å²) < 4.78 is 116. The Morgan fingerprint density at radius 2 is 0.167 bits per heavy atom. The van der Waals surface area contributed by atoms with Crippen LogP contribution in [0.4, 0.5) is 0 Å². The molecule has 0 aromatic heterocycles. The van der Waals surface area contributed by atoms with Crippen molar-refractivity contribution in [2.24, 2.45) is 0 Å². The summed E-state index contributed by atoms with van der Waals surface area (Å²) in [5, 5.41) is 0. The Kier molecular flexibility index (Phi) is 53.1. The molecule has 10 aromatic rings. The molecular formula is C132H168O18. The van der Waals surface area contributed by atoms with E-state index in [2.05, 4.69) is 380 Å². The van der Waals surface area contributed by atoms with Gasteiger partial charge in [0.1, 0.15) is 0 Å². The van der Waals surface area contributed by atoms with E-state index in [1.165, 1.54) is 0 Å². The molecule has 804 valence electrons. The van der Waals surface area contributed by atoms with Crippen LogP contribution in [0.3, 0.4) is 0 Å². The molecule has 0 aliphatic heterocycles. The highest BCUT2D eigenvalue weighted by Gasteiger charge is 2.24. The number of hydrogen-bond acceptors (Lipinski definition) is 18. The largest absolute Gasteiger partial charge is 0.490 e. The van der Waals surface area contributed by atoms with Gasteiger partial charge in [0.05, 0.1) is 119 Å². The van der Waals surface area contributed by atoms with E-state index in [0.717, 1.165) is 216 Å². The number of ether oxygens (including phenoxy) is 18. The molecule has 0 unspecified atom stereocenters. The fourth-order valence-corrected chi connectivity index (χ4v) is 15.8. The van der Waals surface area contributed by atoms with Crippen LogP contribution in [0.5, 0.6) is 103 Å². The van der Waals surface area contributed by atoms with Crippen LogP contribution in [0.15, 0.2) is 146 Å². The minimum Gasteiger partial charge on any atom is -0.490 e. The smallest absolute Gasteiger partial charge is 0.203 e. The van der Waals surface area contributed by atoms with E-state index in [1.54, 1.807) is 0 Å². The van der Waals surface area contributed by atoms with E-state index in [0.29, 0.717) is 222 Å². The van der Waals surface area contributed by atoms with Crippen molar-refractivity contribution in [1.82, 2.24) is 0 Å². The quantitative estimate of drug-likeness (QED) is 0.0330. The molecule has 0 aliphatic rings. The Balaban J connectivity index is 1.22. The highest BCUT2D eigenvalue weighted by Crippen LogP contribution is 2.47. The standard InChI is InChI=1S/C132H168O18/c1-19-55-133-115-85-109(86-116(134-56-20-2)127(115)145-67-31-13)49-43-103-76-100(77-104(82-103)44-50-110-87-117(135-57-21-3)128(146-68-32-14)118(88-110)136-58-22-4)40-37-97-73-98(38-41-101-78-105(45-51-111-89-119(137-59-23-5)129(147-69-33-15)120(90-111)138-60-24-6)83-106(79-101)46-52-112-91-121(139-61-25-7)130(148-70-34-16)122(92-112)140-62-26-8)75-99(74-97)39-42-102-80-107(47-53-113-93-123(141-63-27-9)131(149-71-35-17)124(94-113)142-64-28-10)84-108(81-102)48-54-114-95-125(143-65-29-11)132(150-72-36-18)126(96-114)144-66-30-12/h37-54,73-96H,19-36,55-72H2,1-18H3/b40-37+,41-38+,42-39+,49-43+,50-44+,51-45+,52-46+,53-47+,54-48+. The summed E-state index contributed by atoms with van der Waals surface area (Å²) in [5.41, 5.74) is 17.0. The molecule has 0 N–H and O–H groups in total. The van der Waals surface area contributed by atoms with E-state index in [4.69, 9.17) is 85.3 Å². The summed E-state index contributed by atoms with van der Waals surface area (Å²) in [6.45, 7) is 47.3. The molecule has 18 nitrogen and oxygen atoms in total. The first-order chi connectivity index (χ1) is 73.5. The third-order valence-electron chi connectivity index (χ3n) is 22.7. The lowest BCUT2D eigenvalue weighted by molar-refractivity contribution is 0.243. The van der Waals surface area contributed by atoms with Crippen LogP contribution >= 0.6 is 0 Å². The van der Waals surface area contributed by atoms with Crippen molar-refractivity contribution < 1.29 is 85.3 Å². The highest BCUT2D eigenvalue weighted by atomic mass is 16.6. The van der Waals surface area contributed by atoms with Gasteiger partial charge >= 0.3 is 0 Å². The molecule has 0 heterocycles. The molecule has 0 atom stereocenters. The topological polar surface area (TPSA) is 166 Å². The van der Waals surface area contributed by atoms with Gasteiger partial charge in [0.2, 0.25) is 34.5 Å². The summed E-state index contributed by atoms with van der Waals surface area (Å²) in [4.78, 5) is 0. The molecule has 18 heteroatoms. The molecule has 0 radical (unpaired) electrons. The summed E-state index contributed by atoms with van der Waals surface area (Å²) in [6, 6.07) is 51.3. The number of hydrogen-bond donors (Lipinski definition) is 0. The normalized spacial score (nSPS) is 11.7. The lowest BCUT2D eigenvalue weighted by Crippen LogP contribution is -2.05. The maximum Gasteiger partial charge on any atom is 0.203 e. The second-order valence-electron chi connectivity index (χ2n) is 37.1. The predicted molar refractivity (Wildman–Crippen MR) is 629 cm³/mol. The summed E-state index contributed by atoms with van der Waals surface area (Å²) in [6.07, 6.45) is 53.8. The fourth-order valence-electron chi connectivity index (χ4n) is 15.8. The van der Waals surface area contributed by atoms with Crippen LogP contribution < -0.4 is 85.3 Å². The van der Waals surface area contributed by atoms with Crippen molar-refractivity contribution >= 4 is 109 Å². The third-order valence-corrected chi connectivity index (χ3v) is 22.7. The second-order valence-corrected chi connectivity index (χ2v) is 37.1. The van der Waals surface area contributed by atoms with Crippen LogP contribution in [-0.2, 0) is 0 Å². The van der Waals surface area contributed by atoms with Crippen molar-refractivity contribution in [3.05, 3.63) is 246 Å². The monoisotopic (exact) mass is 2040 g/mol. The van der Waals surface area contributed by atoms with Crippen LogP contribution in [0.1, 0.15) is 340 Å². The Bertz CT molecular complexity index is 4980. The average Bonchev–Trinajstić information content (AvgIpc) is 0.818. The van der Waals surface area contributed by atoms with Crippen LogP contribution in [0.2, 0.25) is 0 Å². The van der Waals surface area contributed by atoms with Gasteiger partial charge in [-0.05, 0) is 361 Å². The Labute approximate surface area is 897 Å². The van der Waals surface area contributed by atoms with Crippen LogP contribution in [0.25, 0.3) is 109 Å². The lowest BCUT2D eigenvalue weighted by Gasteiger charge is -2.17. The van der Waals surface area contributed by atoms with Gasteiger partial charge < -0.3 is 85.3 Å². The minimum absolute atomic E-state index is 0.522. The molecule has 0 bridgehead atoms. The first-order valence-electron chi connectivity index (χ1n) is 55.7. The fraction of sp³-hybridized carbons (Fsp3) is 0.409. The maximum absolute atomic E-state index is 6.47. The van der Waals surface area contributed by atoms with Crippen molar-refractivity contribution in [1.29, 1.82) is 0 Å². The zero-order chi connectivity index (χ0) is 107. The van der Waals surface area contributed by atoms with Crippen LogP contribution in [-0.4, -0.2) is 119 Å². The average molecular weight is 2040 g/mol. The predicted octanol–water partition coefficient (Wildman–Crippen LogP) is 35.4. The summed E-state index contributed by atoms with van der Waals surface area (Å²) in [7, 11) is 0. The van der Waals surface area contributed by atoms with Crippen molar-refractivity contribution in [3.8, 4) is 103 Å². The highest BCUT2D eigenvalue weighted by molar-refractivity contribution is 5.87. The molecule has 0 saturated carbocycles. The molecule has 0 spiro atoms. The van der Waals surface area contributed by atoms with Gasteiger partial charge in [-0.25, -0.2) is 0 Å². The first-order valence-corrected chi connectivity index (χ1v) is 55.7. The van der Waals surface area contributed by atoms with Gasteiger partial charge in [-0.15, -0.1) is 0 Å². The zero-order valence-electron chi connectivity index (χ0n) is 93.1. The molecule has 150 heavy (non-hydrogen) atoms. The third kappa shape index (κ3) is 39.0. The first kappa shape index (κ1) is 118. The van der Waals surface area contributed by atoms with E-state index in [1.807, 2.05) is 0 Å². The van der Waals surface area contributed by atoms with E-state index in [9.17, 15) is 0 Å². The summed E-state index contributed by atoms with van der Waals surface area (Å²) >= 11 is 0. The Hall–Kier alpha value is -13.7. The maximum atomic E-state index is 6.47. The SMILES string of the molecule is CCCOc1cc(/C=C/c2cc(/C=C/c3cc(/C=C/c4cc(/C=C/c5cc(OCCC)c(OCCC)c(OCCC)c5)cc(/C=C/c5cc(OCCC)c(OCCC)c(OCCC)c5)c4)cc(/C=C/c4cc(/C=C/c5cc(OCCC)c(OCCC)c(OCCC)c5)cc(/C=C/c5cc(OCCC)c(OCCC)c(OCCC)c5)c4)c3)cc(/C=C/c3cc(OCCC)c(OCCC)c(OCCC)c3)c2)cc(OCCC)c1OCCC. The molecular weight excluding hydrogens is 1870 g/mol. The summed E-state index contributed by atoms with van der Waals surface area (Å²) in [5.74, 6) is 11.5. The Morgan fingerprint density at radius 1 is 0.100 bits per heavy atom. The van der Waals surface area contributed by atoms with Gasteiger partial charge in [-0.3, -0.25) is 0 Å². The molecule has 0 amide bonds. The van der Waals surface area contributed by atoms with Crippen molar-refractivity contribution in [2.45, 2.75) is 240 Å². The van der Waals surface area contributed by atoms with E-state index >= 15 is 0 Å². The molecule has 10 rings (SSSR count). The van der Waals surface area contributed by atoms with Gasteiger partial charge in [-0.1, -0.05) is 234 Å². The van der Waals surface area contributed by atoms with Crippen molar-refractivity contribution in [2.75, 3.05) is 119 Å². The molecule has 0 fully saturated rings.